The molecule has 0 amide bonds. The molecule has 1 N–H and O–H groups in total. The fraction of sp³-hybridized carbons (Fsp3) is 0.667. The van der Waals surface area contributed by atoms with Crippen molar-refractivity contribution >= 4 is 25.3 Å². The van der Waals surface area contributed by atoms with E-state index in [1.165, 1.54) is 6.07 Å². The van der Waals surface area contributed by atoms with E-state index in [2.05, 4.69) is 0 Å². The van der Waals surface area contributed by atoms with Gasteiger partial charge in [-0.25, -0.2) is 0 Å². The van der Waals surface area contributed by atoms with Gasteiger partial charge in [-0.3, -0.25) is 0 Å². The molecule has 0 aliphatic carbocycles. The summed E-state index contributed by atoms with van der Waals surface area (Å²) in [7, 11) is -1.44. The molecule has 5 nitrogen and oxygen atoms in total. The SMILES string of the molecule is CB(O)N1CCN(c2ccc(B3OC(C)(C)C(C)(C)O3)cc2C(F)(F)F)CC1. The van der Waals surface area contributed by atoms with Gasteiger partial charge in [0.2, 0.25) is 0 Å². The zero-order chi connectivity index (χ0) is 20.9. The molecule has 0 radical (unpaired) electrons. The highest BCUT2D eigenvalue weighted by Crippen LogP contribution is 2.39. The lowest BCUT2D eigenvalue weighted by atomic mass is 9.78. The van der Waals surface area contributed by atoms with Gasteiger partial charge in [-0.05, 0) is 52.1 Å². The molecule has 3 rings (SSSR count). The maximum atomic E-state index is 13.8. The lowest BCUT2D eigenvalue weighted by molar-refractivity contribution is -0.137. The zero-order valence-corrected chi connectivity index (χ0v) is 17.0. The Morgan fingerprint density at radius 3 is 2.04 bits per heavy atom. The van der Waals surface area contributed by atoms with Crippen LogP contribution in [0.2, 0.25) is 6.82 Å². The minimum atomic E-state index is -4.49. The predicted octanol–water partition coefficient (Wildman–Crippen LogP) is 2.24. The number of halogens is 3. The number of anilines is 1. The second kappa shape index (κ2) is 7.23. The molecule has 10 heteroatoms. The van der Waals surface area contributed by atoms with Crippen LogP contribution in [0.3, 0.4) is 0 Å². The van der Waals surface area contributed by atoms with Gasteiger partial charge in [0, 0.05) is 31.9 Å². The zero-order valence-electron chi connectivity index (χ0n) is 17.0. The van der Waals surface area contributed by atoms with Crippen LogP contribution >= 0.6 is 0 Å². The van der Waals surface area contributed by atoms with Gasteiger partial charge < -0.3 is 24.0 Å². The van der Waals surface area contributed by atoms with Crippen molar-refractivity contribution in [1.82, 2.24) is 4.81 Å². The third-order valence-electron chi connectivity index (χ3n) is 6.03. The summed E-state index contributed by atoms with van der Waals surface area (Å²) >= 11 is 0. The normalized spacial score (nSPS) is 22.6. The van der Waals surface area contributed by atoms with Gasteiger partial charge in [0.15, 0.2) is 0 Å². The fourth-order valence-electron chi connectivity index (χ4n) is 3.52. The molecule has 2 fully saturated rings. The van der Waals surface area contributed by atoms with Crippen LogP contribution < -0.4 is 10.4 Å². The van der Waals surface area contributed by atoms with E-state index in [1.807, 2.05) is 32.5 Å². The standard InChI is InChI=1S/C18H27B2F3N2O3/c1-16(2)17(3,4)28-20(27-16)13-6-7-15(14(12-13)18(21,22)23)24-8-10-25(11-9-24)19(5)26/h6-7,12,26H,8-11H2,1-5H3. The van der Waals surface area contributed by atoms with E-state index < -0.39 is 37.1 Å². The number of alkyl halides is 3. The molecule has 0 saturated carbocycles. The lowest BCUT2D eigenvalue weighted by Crippen LogP contribution is -2.52. The Morgan fingerprint density at radius 2 is 1.57 bits per heavy atom. The Morgan fingerprint density at radius 1 is 1.04 bits per heavy atom. The topological polar surface area (TPSA) is 45.2 Å². The average Bonchev–Trinajstić information content (AvgIpc) is 2.81. The van der Waals surface area contributed by atoms with Gasteiger partial charge in [0.25, 0.3) is 0 Å². The molecule has 2 heterocycles. The van der Waals surface area contributed by atoms with Crippen molar-refractivity contribution in [2.45, 2.75) is 51.9 Å². The average molecular weight is 398 g/mol. The van der Waals surface area contributed by atoms with E-state index in [0.29, 0.717) is 31.6 Å². The second-order valence-electron chi connectivity index (χ2n) is 8.52. The molecule has 1 aromatic rings. The predicted molar refractivity (Wildman–Crippen MR) is 105 cm³/mol. The number of piperazine rings is 1. The van der Waals surface area contributed by atoms with Crippen LogP contribution in [0.5, 0.6) is 0 Å². The molecule has 2 aliphatic heterocycles. The van der Waals surface area contributed by atoms with Gasteiger partial charge in [-0.2, -0.15) is 13.2 Å². The van der Waals surface area contributed by atoms with Crippen LogP contribution in [0.25, 0.3) is 0 Å². The van der Waals surface area contributed by atoms with Crippen molar-refractivity contribution in [1.29, 1.82) is 0 Å². The first kappa shape index (κ1) is 21.5. The third-order valence-corrected chi connectivity index (χ3v) is 6.03. The van der Waals surface area contributed by atoms with Crippen LogP contribution in [0.1, 0.15) is 33.3 Å². The summed E-state index contributed by atoms with van der Waals surface area (Å²) in [5.74, 6) is 0. The van der Waals surface area contributed by atoms with Crippen LogP contribution in [-0.4, -0.2) is 61.4 Å². The van der Waals surface area contributed by atoms with Crippen molar-refractivity contribution in [2.75, 3.05) is 31.1 Å². The first-order valence-electron chi connectivity index (χ1n) is 9.56. The molecule has 0 spiro atoms. The Bertz CT molecular complexity index is 705. The minimum absolute atomic E-state index is 0.151. The van der Waals surface area contributed by atoms with E-state index in [4.69, 9.17) is 9.31 Å². The highest BCUT2D eigenvalue weighted by Gasteiger charge is 2.52. The van der Waals surface area contributed by atoms with E-state index in [1.54, 1.807) is 17.8 Å². The first-order chi connectivity index (χ1) is 12.8. The summed E-state index contributed by atoms with van der Waals surface area (Å²) in [4.78, 5) is 3.55. The highest BCUT2D eigenvalue weighted by molar-refractivity contribution is 6.62. The van der Waals surface area contributed by atoms with E-state index in [-0.39, 0.29) is 5.69 Å². The molecule has 2 saturated heterocycles. The molecule has 154 valence electrons. The molecule has 0 aromatic heterocycles. The van der Waals surface area contributed by atoms with Crippen molar-refractivity contribution in [3.8, 4) is 0 Å². The van der Waals surface area contributed by atoms with Crippen LogP contribution in [-0.2, 0) is 15.5 Å². The number of nitrogens with zero attached hydrogens (tertiary/aromatic N) is 2. The number of hydrogen-bond donors (Lipinski definition) is 1. The van der Waals surface area contributed by atoms with E-state index in [0.717, 1.165) is 6.07 Å². The molecule has 0 unspecified atom stereocenters. The van der Waals surface area contributed by atoms with Gasteiger partial charge >= 0.3 is 20.3 Å². The summed E-state index contributed by atoms with van der Waals surface area (Å²) < 4.78 is 53.3. The number of rotatable bonds is 3. The largest absolute Gasteiger partial charge is 0.494 e. The van der Waals surface area contributed by atoms with Crippen molar-refractivity contribution < 1.29 is 27.5 Å². The van der Waals surface area contributed by atoms with Gasteiger partial charge in [-0.1, -0.05) is 6.07 Å². The van der Waals surface area contributed by atoms with Crippen LogP contribution in [0.15, 0.2) is 18.2 Å². The van der Waals surface area contributed by atoms with Gasteiger partial charge in [0.1, 0.15) is 0 Å². The minimum Gasteiger partial charge on any atom is -0.437 e. The Kier molecular flexibility index (Phi) is 5.55. The van der Waals surface area contributed by atoms with Gasteiger partial charge in [-0.15, -0.1) is 0 Å². The molecule has 0 bridgehead atoms. The Labute approximate surface area is 165 Å². The molecular formula is C18H27B2F3N2O3. The lowest BCUT2D eigenvalue weighted by Gasteiger charge is -2.37. The summed E-state index contributed by atoms with van der Waals surface area (Å²) in [5.41, 5.74) is -1.42. The van der Waals surface area contributed by atoms with E-state index >= 15 is 0 Å². The Balaban J connectivity index is 1.88. The second-order valence-corrected chi connectivity index (χ2v) is 8.52. The summed E-state index contributed by atoms with van der Waals surface area (Å²) in [5, 5.41) is 9.66. The Hall–Kier alpha value is -1.22. The summed E-state index contributed by atoms with van der Waals surface area (Å²) in [6, 6.07) is 4.29. The number of hydrogen-bond acceptors (Lipinski definition) is 5. The number of benzene rings is 1. The maximum Gasteiger partial charge on any atom is 0.494 e. The third kappa shape index (κ3) is 4.06. The fourth-order valence-corrected chi connectivity index (χ4v) is 3.52. The monoisotopic (exact) mass is 398 g/mol. The van der Waals surface area contributed by atoms with E-state index in [9.17, 15) is 18.2 Å². The smallest absolute Gasteiger partial charge is 0.437 e. The van der Waals surface area contributed by atoms with Gasteiger partial charge in [0.05, 0.1) is 16.8 Å². The summed E-state index contributed by atoms with van der Waals surface area (Å²) in [6.45, 7) is 11.0. The van der Waals surface area contributed by atoms with Crippen molar-refractivity contribution in [3.05, 3.63) is 23.8 Å². The van der Waals surface area contributed by atoms with Crippen molar-refractivity contribution in [2.24, 2.45) is 0 Å². The van der Waals surface area contributed by atoms with Crippen LogP contribution in [0, 0.1) is 0 Å². The maximum absolute atomic E-state index is 13.8. The molecule has 0 atom stereocenters. The highest BCUT2D eigenvalue weighted by atomic mass is 19.4. The molecule has 2 aliphatic rings. The molecule has 28 heavy (non-hydrogen) atoms. The molecule has 1 aromatic carbocycles. The first-order valence-corrected chi connectivity index (χ1v) is 9.56. The summed E-state index contributed by atoms with van der Waals surface area (Å²) in [6.07, 6.45) is -4.49. The van der Waals surface area contributed by atoms with Crippen LogP contribution in [0.4, 0.5) is 18.9 Å². The van der Waals surface area contributed by atoms with Crippen molar-refractivity contribution in [3.63, 3.8) is 0 Å². The quantitative estimate of drug-likeness (QED) is 0.792. The molecular weight excluding hydrogens is 371 g/mol.